The van der Waals surface area contributed by atoms with E-state index in [4.69, 9.17) is 11.6 Å². The molecule has 3 aromatic carbocycles. The van der Waals surface area contributed by atoms with Gasteiger partial charge in [0.2, 0.25) is 0 Å². The maximum Gasteiger partial charge on any atom is 0.416 e. The highest BCUT2D eigenvalue weighted by molar-refractivity contribution is 6.33. The van der Waals surface area contributed by atoms with Crippen molar-refractivity contribution in [3.8, 4) is 0 Å². The van der Waals surface area contributed by atoms with Crippen molar-refractivity contribution in [2.75, 3.05) is 54.4 Å². The number of piperazine rings is 1. The van der Waals surface area contributed by atoms with E-state index in [0.717, 1.165) is 29.9 Å². The van der Waals surface area contributed by atoms with Crippen LogP contribution in [0, 0.1) is 5.92 Å². The minimum Gasteiger partial charge on any atom is -0.369 e. The van der Waals surface area contributed by atoms with Crippen LogP contribution in [0.5, 0.6) is 0 Å². The lowest BCUT2D eigenvalue weighted by atomic mass is 9.83. The highest BCUT2D eigenvalue weighted by atomic mass is 35.5. The Kier molecular flexibility index (Phi) is 8.41. The number of carbonyl (C=O) groups excluding carboxylic acids is 2. The molecule has 2 fully saturated rings. The molecule has 8 nitrogen and oxygen atoms in total. The van der Waals surface area contributed by atoms with Crippen LogP contribution in [0.1, 0.15) is 44.3 Å². The van der Waals surface area contributed by atoms with Crippen LogP contribution in [0.4, 0.5) is 30.2 Å². The van der Waals surface area contributed by atoms with Gasteiger partial charge in [-0.25, -0.2) is 0 Å². The van der Waals surface area contributed by atoms with Crippen molar-refractivity contribution in [1.29, 1.82) is 0 Å². The van der Waals surface area contributed by atoms with Crippen LogP contribution in [0.3, 0.4) is 0 Å². The summed E-state index contributed by atoms with van der Waals surface area (Å²) in [6.45, 7) is 3.87. The second kappa shape index (κ2) is 12.7. The number of rotatable bonds is 5. The maximum atomic E-state index is 13.8. The van der Waals surface area contributed by atoms with E-state index in [-0.39, 0.29) is 28.9 Å². The minimum atomic E-state index is -4.60. The van der Waals surface area contributed by atoms with Crippen molar-refractivity contribution in [3.05, 3.63) is 123 Å². The Morgan fingerprint density at radius 3 is 2.31 bits per heavy atom. The van der Waals surface area contributed by atoms with Crippen molar-refractivity contribution in [2.45, 2.75) is 25.1 Å². The molecular weight excluding hydrogens is 643 g/mol. The smallest absolute Gasteiger partial charge is 0.369 e. The van der Waals surface area contributed by atoms with Crippen LogP contribution in [0.15, 0.2) is 89.7 Å². The molecule has 4 heterocycles. The Morgan fingerprint density at radius 2 is 1.54 bits per heavy atom. The molecule has 12 heteroatoms. The number of para-hydroxylation sites is 1. The lowest BCUT2D eigenvalue weighted by molar-refractivity contribution is -0.137. The molecular formula is C36H33ClF3N5O3. The first-order valence-corrected chi connectivity index (χ1v) is 16.3. The third-order valence-electron chi connectivity index (χ3n) is 9.52. The highest BCUT2D eigenvalue weighted by Crippen LogP contribution is 2.40. The van der Waals surface area contributed by atoms with E-state index in [9.17, 15) is 27.6 Å². The largest absolute Gasteiger partial charge is 0.416 e. The molecule has 2 amide bonds. The van der Waals surface area contributed by atoms with Gasteiger partial charge in [-0.1, -0.05) is 35.9 Å². The molecule has 0 saturated carbocycles. The Morgan fingerprint density at radius 1 is 0.771 bits per heavy atom. The van der Waals surface area contributed by atoms with Crippen molar-refractivity contribution >= 4 is 40.5 Å². The van der Waals surface area contributed by atoms with Crippen LogP contribution < -0.4 is 20.7 Å². The number of nitrogens with zero attached hydrogens (tertiary/aromatic N) is 4. The molecule has 2 saturated heterocycles. The van der Waals surface area contributed by atoms with Crippen LogP contribution >= 0.6 is 11.6 Å². The second-order valence-corrected chi connectivity index (χ2v) is 13.0. The van der Waals surface area contributed by atoms with Gasteiger partial charge in [0.1, 0.15) is 0 Å². The summed E-state index contributed by atoms with van der Waals surface area (Å²) >= 11 is 6.40. The normalized spacial score (nSPS) is 19.1. The number of amides is 2. The number of hydrogen-bond acceptors (Lipinski definition) is 5. The third-order valence-corrected chi connectivity index (χ3v) is 9.84. The van der Waals surface area contributed by atoms with E-state index in [0.29, 0.717) is 67.8 Å². The summed E-state index contributed by atoms with van der Waals surface area (Å²) in [5, 5.41) is 3.48. The standard InChI is InChI=1S/C36H33ClF3N5O3/c37-28-7-1-2-8-31(28)42-13-15-43(16-14-42)35(48)25-11-12-32(29(19-25)41-34(47)24-5-3-6-27(18-24)36(38,39)40)44-20-23-17-26(22-44)30-9-4-10-33(46)45(30)21-23/h1-12,18-19,23,26H,13-17,20-22H2,(H,41,47)/t23-,26+/m1/s1. The first-order valence-electron chi connectivity index (χ1n) is 15.9. The van der Waals surface area contributed by atoms with Gasteiger partial charge < -0.3 is 24.6 Å². The SMILES string of the molecule is O=C(Nc1cc(C(=O)N2CCN(c3ccccc3Cl)CC2)ccc1N1C[C@H]2C[C@@H](C1)c1cccc(=O)n1C2)c1cccc(C(F)(F)F)c1. The predicted molar refractivity (Wildman–Crippen MR) is 179 cm³/mol. The molecule has 0 radical (unpaired) electrons. The molecule has 4 aromatic rings. The topological polar surface area (TPSA) is 77.9 Å². The van der Waals surface area contributed by atoms with Crippen molar-refractivity contribution in [3.63, 3.8) is 0 Å². The molecule has 0 aliphatic carbocycles. The van der Waals surface area contributed by atoms with Crippen LogP contribution in [0.25, 0.3) is 0 Å². The minimum absolute atomic E-state index is 0.0275. The van der Waals surface area contributed by atoms with E-state index >= 15 is 0 Å². The molecule has 1 N–H and O–H groups in total. The first kappa shape index (κ1) is 31.8. The van der Waals surface area contributed by atoms with E-state index in [1.807, 2.05) is 34.9 Å². The van der Waals surface area contributed by atoms with Gasteiger partial charge in [0.25, 0.3) is 17.4 Å². The number of carbonyl (C=O) groups is 2. The summed E-state index contributed by atoms with van der Waals surface area (Å²) in [6.07, 6.45) is -3.68. The fraction of sp³-hybridized carbons (Fsp3) is 0.306. The van der Waals surface area contributed by atoms with E-state index in [1.54, 1.807) is 35.2 Å². The van der Waals surface area contributed by atoms with Gasteiger partial charge >= 0.3 is 6.18 Å². The monoisotopic (exact) mass is 675 g/mol. The number of piperidine rings is 1. The fourth-order valence-corrected chi connectivity index (χ4v) is 7.47. The summed E-state index contributed by atoms with van der Waals surface area (Å²) < 4.78 is 42.2. The van der Waals surface area contributed by atoms with Gasteiger partial charge in [-0.3, -0.25) is 14.4 Å². The average Bonchev–Trinajstić information content (AvgIpc) is 3.08. The van der Waals surface area contributed by atoms with Gasteiger partial charge in [0, 0.05) is 74.6 Å². The van der Waals surface area contributed by atoms with E-state index in [1.165, 1.54) is 12.1 Å². The maximum absolute atomic E-state index is 13.8. The van der Waals surface area contributed by atoms with Crippen LogP contribution in [0.2, 0.25) is 5.02 Å². The number of nitrogens with one attached hydrogen (secondary N) is 1. The Balaban J connectivity index is 1.17. The van der Waals surface area contributed by atoms with Gasteiger partial charge in [-0.15, -0.1) is 0 Å². The number of pyridine rings is 1. The zero-order valence-corrected chi connectivity index (χ0v) is 26.7. The molecule has 3 aliphatic heterocycles. The first-order chi connectivity index (χ1) is 23.0. The molecule has 1 aromatic heterocycles. The zero-order chi connectivity index (χ0) is 33.6. The highest BCUT2D eigenvalue weighted by Gasteiger charge is 2.36. The van der Waals surface area contributed by atoms with E-state index in [2.05, 4.69) is 15.1 Å². The van der Waals surface area contributed by atoms with Gasteiger partial charge in [0.15, 0.2) is 0 Å². The third kappa shape index (κ3) is 6.26. The second-order valence-electron chi connectivity index (χ2n) is 12.6. The predicted octanol–water partition coefficient (Wildman–Crippen LogP) is 6.36. The lowest BCUT2D eigenvalue weighted by Gasteiger charge is -2.44. The quantitative estimate of drug-likeness (QED) is 0.267. The van der Waals surface area contributed by atoms with Crippen molar-refractivity contribution in [2.24, 2.45) is 5.92 Å². The summed E-state index contributed by atoms with van der Waals surface area (Å²) in [7, 11) is 0. The molecule has 7 rings (SSSR count). The van der Waals surface area contributed by atoms with Crippen molar-refractivity contribution in [1.82, 2.24) is 9.47 Å². The Hall–Kier alpha value is -4.77. The van der Waals surface area contributed by atoms with Gasteiger partial charge in [-0.05, 0) is 66.9 Å². The lowest BCUT2D eigenvalue weighted by Crippen LogP contribution is -2.49. The molecule has 0 spiro atoms. The van der Waals surface area contributed by atoms with E-state index < -0.39 is 17.6 Å². The number of fused-ring (bicyclic) bond motifs is 4. The Labute approximate surface area is 280 Å². The summed E-state index contributed by atoms with van der Waals surface area (Å²) in [5.41, 5.74) is 2.13. The Bertz CT molecular complexity index is 1940. The van der Waals surface area contributed by atoms with Crippen LogP contribution in [-0.2, 0) is 12.7 Å². The molecule has 3 aliphatic rings. The molecule has 248 valence electrons. The van der Waals surface area contributed by atoms with Gasteiger partial charge in [0.05, 0.1) is 27.6 Å². The summed E-state index contributed by atoms with van der Waals surface area (Å²) in [4.78, 5) is 45.8. The summed E-state index contributed by atoms with van der Waals surface area (Å²) in [6, 6.07) is 22.3. The number of benzene rings is 3. The molecule has 48 heavy (non-hydrogen) atoms. The number of alkyl halides is 3. The average molecular weight is 676 g/mol. The van der Waals surface area contributed by atoms with Crippen molar-refractivity contribution < 1.29 is 22.8 Å². The van der Waals surface area contributed by atoms with Crippen LogP contribution in [-0.4, -0.2) is 60.5 Å². The van der Waals surface area contributed by atoms with Gasteiger partial charge in [-0.2, -0.15) is 13.2 Å². The number of hydrogen-bond donors (Lipinski definition) is 1. The molecule has 2 atom stereocenters. The number of anilines is 3. The zero-order valence-electron chi connectivity index (χ0n) is 25.9. The number of halogens is 4. The number of aromatic nitrogens is 1. The summed E-state index contributed by atoms with van der Waals surface area (Å²) in [5.74, 6) is -0.665. The fourth-order valence-electron chi connectivity index (χ4n) is 7.21. The molecule has 0 unspecified atom stereocenters. The molecule has 2 bridgehead atoms.